The highest BCUT2D eigenvalue weighted by atomic mass is 16.3. The zero-order valence-corrected chi connectivity index (χ0v) is 10.4. The van der Waals surface area contributed by atoms with Gasteiger partial charge in [-0.25, -0.2) is 0 Å². The number of nitrogens with two attached hydrogens (primary N) is 1. The van der Waals surface area contributed by atoms with Gasteiger partial charge in [0.1, 0.15) is 0 Å². The summed E-state index contributed by atoms with van der Waals surface area (Å²) in [6, 6.07) is 15.7. The van der Waals surface area contributed by atoms with Crippen molar-refractivity contribution in [3.8, 4) is 0 Å². The van der Waals surface area contributed by atoms with Gasteiger partial charge in [0, 0.05) is 23.5 Å². The van der Waals surface area contributed by atoms with E-state index in [2.05, 4.69) is 17.4 Å². The number of aliphatic hydroxyl groups excluding tert-OH is 1. The minimum absolute atomic E-state index is 0.535. The van der Waals surface area contributed by atoms with Crippen LogP contribution < -0.4 is 11.1 Å². The van der Waals surface area contributed by atoms with E-state index in [1.807, 2.05) is 30.3 Å². The Morgan fingerprint density at radius 1 is 1.17 bits per heavy atom. The molecule has 18 heavy (non-hydrogen) atoms. The van der Waals surface area contributed by atoms with Crippen molar-refractivity contribution < 1.29 is 5.11 Å². The molecule has 4 N–H and O–H groups in total. The second kappa shape index (κ2) is 5.56. The standard InChI is InChI=1S/C15H18N2O/c1-11(18)14-9-13(16)7-8-15(14)17-10-12-5-3-2-4-6-12/h2-9,11,17-18H,10,16H2,1H3. The third-order valence-corrected chi connectivity index (χ3v) is 2.85. The number of hydrogen-bond acceptors (Lipinski definition) is 3. The first-order valence-corrected chi connectivity index (χ1v) is 6.02. The Balaban J connectivity index is 2.14. The lowest BCUT2D eigenvalue weighted by Crippen LogP contribution is -2.05. The predicted molar refractivity (Wildman–Crippen MR) is 75.3 cm³/mol. The molecular weight excluding hydrogens is 224 g/mol. The molecule has 3 nitrogen and oxygen atoms in total. The first-order valence-electron chi connectivity index (χ1n) is 6.02. The lowest BCUT2D eigenvalue weighted by atomic mass is 10.1. The second-order valence-corrected chi connectivity index (χ2v) is 4.36. The number of aliphatic hydroxyl groups is 1. The van der Waals surface area contributed by atoms with Gasteiger partial charge in [0.2, 0.25) is 0 Å². The molecule has 2 aromatic rings. The van der Waals surface area contributed by atoms with Crippen LogP contribution >= 0.6 is 0 Å². The van der Waals surface area contributed by atoms with Crippen LogP contribution in [0.5, 0.6) is 0 Å². The van der Waals surface area contributed by atoms with Crippen LogP contribution in [0.3, 0.4) is 0 Å². The molecule has 3 heteroatoms. The van der Waals surface area contributed by atoms with Crippen molar-refractivity contribution in [1.82, 2.24) is 0 Å². The zero-order chi connectivity index (χ0) is 13.0. The molecule has 0 spiro atoms. The topological polar surface area (TPSA) is 58.3 Å². The molecule has 0 saturated heterocycles. The normalized spacial score (nSPS) is 12.1. The van der Waals surface area contributed by atoms with Crippen LogP contribution in [-0.2, 0) is 6.54 Å². The molecule has 0 aliphatic rings. The third-order valence-electron chi connectivity index (χ3n) is 2.85. The maximum Gasteiger partial charge on any atom is 0.0782 e. The minimum atomic E-state index is -0.535. The molecule has 2 aromatic carbocycles. The van der Waals surface area contributed by atoms with Crippen LogP contribution in [0.4, 0.5) is 11.4 Å². The Bertz CT molecular complexity index is 509. The smallest absolute Gasteiger partial charge is 0.0782 e. The van der Waals surface area contributed by atoms with Crippen molar-refractivity contribution >= 4 is 11.4 Å². The van der Waals surface area contributed by atoms with E-state index in [0.717, 1.165) is 17.8 Å². The van der Waals surface area contributed by atoms with Gasteiger partial charge in [-0.1, -0.05) is 30.3 Å². The fraction of sp³-hybridized carbons (Fsp3) is 0.200. The molecule has 2 rings (SSSR count). The van der Waals surface area contributed by atoms with Crippen LogP contribution in [0.1, 0.15) is 24.2 Å². The summed E-state index contributed by atoms with van der Waals surface area (Å²) in [6.45, 7) is 2.47. The van der Waals surface area contributed by atoms with Crippen molar-refractivity contribution in [2.24, 2.45) is 0 Å². The van der Waals surface area contributed by atoms with Gasteiger partial charge in [0.15, 0.2) is 0 Å². The van der Waals surface area contributed by atoms with E-state index in [1.165, 1.54) is 5.56 Å². The molecule has 0 radical (unpaired) electrons. The van der Waals surface area contributed by atoms with E-state index in [1.54, 1.807) is 13.0 Å². The zero-order valence-electron chi connectivity index (χ0n) is 10.4. The van der Waals surface area contributed by atoms with Crippen molar-refractivity contribution in [3.05, 3.63) is 59.7 Å². The molecule has 94 valence electrons. The maximum absolute atomic E-state index is 9.73. The van der Waals surface area contributed by atoms with Crippen molar-refractivity contribution in [2.45, 2.75) is 19.6 Å². The molecular formula is C15H18N2O. The highest BCUT2D eigenvalue weighted by molar-refractivity contribution is 5.59. The number of rotatable bonds is 4. The molecule has 0 heterocycles. The average Bonchev–Trinajstić information content (AvgIpc) is 2.38. The number of nitrogens with one attached hydrogen (secondary N) is 1. The third kappa shape index (κ3) is 3.02. The summed E-state index contributed by atoms with van der Waals surface area (Å²) in [6.07, 6.45) is -0.535. The second-order valence-electron chi connectivity index (χ2n) is 4.36. The van der Waals surface area contributed by atoms with Gasteiger partial charge in [-0.05, 0) is 30.7 Å². The summed E-state index contributed by atoms with van der Waals surface area (Å²) in [4.78, 5) is 0. The van der Waals surface area contributed by atoms with Gasteiger partial charge in [-0.15, -0.1) is 0 Å². The molecule has 0 amide bonds. The van der Waals surface area contributed by atoms with Crippen LogP contribution in [0.2, 0.25) is 0 Å². The molecule has 0 aromatic heterocycles. The Morgan fingerprint density at radius 3 is 2.56 bits per heavy atom. The summed E-state index contributed by atoms with van der Waals surface area (Å²) < 4.78 is 0. The maximum atomic E-state index is 9.73. The Labute approximate surface area is 107 Å². The predicted octanol–water partition coefficient (Wildman–Crippen LogP) is 2.93. The van der Waals surface area contributed by atoms with E-state index in [9.17, 15) is 5.11 Å². The summed E-state index contributed by atoms with van der Waals surface area (Å²) in [5, 5.41) is 13.1. The minimum Gasteiger partial charge on any atom is -0.399 e. The fourth-order valence-corrected chi connectivity index (χ4v) is 1.88. The summed E-state index contributed by atoms with van der Waals surface area (Å²) in [7, 11) is 0. The van der Waals surface area contributed by atoms with Gasteiger partial charge in [-0.3, -0.25) is 0 Å². The highest BCUT2D eigenvalue weighted by Crippen LogP contribution is 2.25. The summed E-state index contributed by atoms with van der Waals surface area (Å²) >= 11 is 0. The molecule has 1 unspecified atom stereocenters. The van der Waals surface area contributed by atoms with Crippen molar-refractivity contribution in [3.63, 3.8) is 0 Å². The number of benzene rings is 2. The van der Waals surface area contributed by atoms with E-state index >= 15 is 0 Å². The van der Waals surface area contributed by atoms with Gasteiger partial charge in [-0.2, -0.15) is 0 Å². The van der Waals surface area contributed by atoms with Crippen LogP contribution in [0, 0.1) is 0 Å². The Hall–Kier alpha value is -2.00. The van der Waals surface area contributed by atoms with Crippen LogP contribution in [-0.4, -0.2) is 5.11 Å². The molecule has 0 aliphatic carbocycles. The lowest BCUT2D eigenvalue weighted by molar-refractivity contribution is 0.200. The molecule has 0 aliphatic heterocycles. The molecule has 1 atom stereocenters. The van der Waals surface area contributed by atoms with E-state index in [4.69, 9.17) is 5.73 Å². The first kappa shape index (κ1) is 12.5. The van der Waals surface area contributed by atoms with E-state index in [0.29, 0.717) is 5.69 Å². The first-order chi connectivity index (χ1) is 8.66. The largest absolute Gasteiger partial charge is 0.399 e. The van der Waals surface area contributed by atoms with Gasteiger partial charge in [0.05, 0.1) is 6.10 Å². The fourth-order valence-electron chi connectivity index (χ4n) is 1.88. The van der Waals surface area contributed by atoms with Crippen LogP contribution in [0.15, 0.2) is 48.5 Å². The van der Waals surface area contributed by atoms with Crippen molar-refractivity contribution in [1.29, 1.82) is 0 Å². The van der Waals surface area contributed by atoms with Gasteiger partial charge in [0.25, 0.3) is 0 Å². The number of anilines is 2. The van der Waals surface area contributed by atoms with Gasteiger partial charge < -0.3 is 16.2 Å². The molecule has 0 fully saturated rings. The quantitative estimate of drug-likeness (QED) is 0.722. The summed E-state index contributed by atoms with van der Waals surface area (Å²) in [5.41, 5.74) is 9.34. The average molecular weight is 242 g/mol. The van der Waals surface area contributed by atoms with Crippen molar-refractivity contribution in [2.75, 3.05) is 11.1 Å². The SMILES string of the molecule is CC(O)c1cc(N)ccc1NCc1ccccc1. The Kier molecular flexibility index (Phi) is 3.85. The summed E-state index contributed by atoms with van der Waals surface area (Å²) in [5.74, 6) is 0. The number of nitrogen functional groups attached to an aromatic ring is 1. The monoisotopic (exact) mass is 242 g/mol. The number of hydrogen-bond donors (Lipinski definition) is 3. The van der Waals surface area contributed by atoms with E-state index < -0.39 is 6.10 Å². The van der Waals surface area contributed by atoms with E-state index in [-0.39, 0.29) is 0 Å². The Morgan fingerprint density at radius 2 is 1.89 bits per heavy atom. The lowest BCUT2D eigenvalue weighted by Gasteiger charge is -2.15. The molecule has 0 bridgehead atoms. The molecule has 0 saturated carbocycles. The highest BCUT2D eigenvalue weighted by Gasteiger charge is 2.08. The van der Waals surface area contributed by atoms with Gasteiger partial charge >= 0.3 is 0 Å². The van der Waals surface area contributed by atoms with Crippen LogP contribution in [0.25, 0.3) is 0 Å².